The standard InChI is InChI=1S/C28H30N4O8/c1-5-39-27(35)25(33)31(19-13-9-7-10-14-19)29-21-17-24(38-4)22(18-23(21)37-3)30-32(20-15-11-8-12-16-20)26(34)28(36)40-6-2/h7-18,29-30H,5-6H2,1-4H3. The monoisotopic (exact) mass is 550 g/mol. The second-order valence-electron chi connectivity index (χ2n) is 7.87. The van der Waals surface area contributed by atoms with Gasteiger partial charge in [-0.3, -0.25) is 20.4 Å². The number of ether oxygens (including phenoxy) is 4. The van der Waals surface area contributed by atoms with Crippen LogP contribution in [0.15, 0.2) is 72.8 Å². The quantitative estimate of drug-likeness (QED) is 0.219. The first-order valence-corrected chi connectivity index (χ1v) is 12.3. The molecule has 3 rings (SSSR count). The largest absolute Gasteiger partial charge is 0.494 e. The average Bonchev–Trinajstić information content (AvgIpc) is 2.99. The van der Waals surface area contributed by atoms with Gasteiger partial charge < -0.3 is 18.9 Å². The van der Waals surface area contributed by atoms with Crippen molar-refractivity contribution < 1.29 is 38.1 Å². The molecule has 0 aliphatic rings. The minimum absolute atomic E-state index is 0.0210. The number of methoxy groups -OCH3 is 2. The Kier molecular flexibility index (Phi) is 10.3. The lowest BCUT2D eigenvalue weighted by molar-refractivity contribution is -0.153. The summed E-state index contributed by atoms with van der Waals surface area (Å²) in [5.74, 6) is -3.63. The number of carbonyl (C=O) groups excluding carboxylic acids is 4. The third-order valence-electron chi connectivity index (χ3n) is 5.32. The van der Waals surface area contributed by atoms with Gasteiger partial charge in [0.25, 0.3) is 0 Å². The van der Waals surface area contributed by atoms with Gasteiger partial charge in [0, 0.05) is 12.1 Å². The molecular weight excluding hydrogens is 520 g/mol. The summed E-state index contributed by atoms with van der Waals surface area (Å²) in [5.41, 5.74) is 7.00. The minimum Gasteiger partial charge on any atom is -0.494 e. The molecular formula is C28H30N4O8. The molecule has 0 saturated heterocycles. The molecule has 3 aromatic rings. The number of hydrogen-bond donors (Lipinski definition) is 2. The van der Waals surface area contributed by atoms with Crippen LogP contribution in [0.5, 0.6) is 11.5 Å². The van der Waals surface area contributed by atoms with Gasteiger partial charge in [-0.05, 0) is 38.1 Å². The van der Waals surface area contributed by atoms with Crippen LogP contribution in [-0.2, 0) is 28.7 Å². The molecule has 0 saturated carbocycles. The fourth-order valence-electron chi connectivity index (χ4n) is 3.50. The summed E-state index contributed by atoms with van der Waals surface area (Å²) < 4.78 is 20.9. The van der Waals surface area contributed by atoms with Gasteiger partial charge in [-0.1, -0.05) is 36.4 Å². The van der Waals surface area contributed by atoms with Gasteiger partial charge >= 0.3 is 23.8 Å². The van der Waals surface area contributed by atoms with E-state index in [1.54, 1.807) is 74.5 Å². The number of para-hydroxylation sites is 2. The van der Waals surface area contributed by atoms with E-state index in [9.17, 15) is 19.2 Å². The molecule has 2 N–H and O–H groups in total. The number of esters is 2. The van der Waals surface area contributed by atoms with Crippen LogP contribution in [0.2, 0.25) is 0 Å². The van der Waals surface area contributed by atoms with Crippen molar-refractivity contribution in [2.45, 2.75) is 13.8 Å². The van der Waals surface area contributed by atoms with Crippen LogP contribution in [0.4, 0.5) is 22.7 Å². The molecule has 0 aliphatic carbocycles. The van der Waals surface area contributed by atoms with E-state index in [2.05, 4.69) is 10.9 Å². The predicted molar refractivity (Wildman–Crippen MR) is 148 cm³/mol. The number of nitrogens with zero attached hydrogens (tertiary/aromatic N) is 2. The molecule has 0 heterocycles. The van der Waals surface area contributed by atoms with Crippen LogP contribution >= 0.6 is 0 Å². The summed E-state index contributed by atoms with van der Waals surface area (Å²) in [5, 5.41) is 2.03. The van der Waals surface area contributed by atoms with Crippen LogP contribution in [0.1, 0.15) is 13.8 Å². The highest BCUT2D eigenvalue weighted by molar-refractivity contribution is 6.39. The fraction of sp³-hybridized carbons (Fsp3) is 0.214. The van der Waals surface area contributed by atoms with Gasteiger partial charge in [0.15, 0.2) is 0 Å². The Bertz CT molecular complexity index is 1230. The van der Waals surface area contributed by atoms with Gasteiger partial charge in [-0.25, -0.2) is 19.6 Å². The molecule has 12 nitrogen and oxygen atoms in total. The maximum atomic E-state index is 13.0. The summed E-state index contributed by atoms with van der Waals surface area (Å²) in [6.07, 6.45) is 0. The van der Waals surface area contributed by atoms with Crippen LogP contribution in [-0.4, -0.2) is 51.2 Å². The molecule has 0 unspecified atom stereocenters. The Morgan fingerprint density at radius 1 is 0.625 bits per heavy atom. The summed E-state index contributed by atoms with van der Waals surface area (Å²) in [6.45, 7) is 3.23. The molecule has 3 aromatic carbocycles. The summed E-state index contributed by atoms with van der Waals surface area (Å²) in [4.78, 5) is 50.6. The molecule has 0 bridgehead atoms. The number of benzene rings is 3. The van der Waals surface area contributed by atoms with E-state index < -0.39 is 23.8 Å². The first-order chi connectivity index (χ1) is 19.3. The van der Waals surface area contributed by atoms with Gasteiger partial charge in [0.2, 0.25) is 0 Å². The summed E-state index contributed by atoms with van der Waals surface area (Å²) >= 11 is 0. The topological polar surface area (TPSA) is 136 Å². The van der Waals surface area contributed by atoms with E-state index in [0.29, 0.717) is 11.4 Å². The normalized spacial score (nSPS) is 10.1. The summed E-state index contributed by atoms with van der Waals surface area (Å²) in [6, 6.07) is 19.8. The van der Waals surface area contributed by atoms with E-state index in [0.717, 1.165) is 10.0 Å². The molecule has 40 heavy (non-hydrogen) atoms. The molecule has 0 spiro atoms. The molecule has 0 radical (unpaired) electrons. The van der Waals surface area contributed by atoms with Crippen LogP contribution in [0.3, 0.4) is 0 Å². The van der Waals surface area contributed by atoms with E-state index in [1.807, 2.05) is 0 Å². The number of hydrazine groups is 2. The van der Waals surface area contributed by atoms with Gasteiger partial charge in [0.1, 0.15) is 22.9 Å². The zero-order valence-corrected chi connectivity index (χ0v) is 22.5. The molecule has 0 atom stereocenters. The lowest BCUT2D eigenvalue weighted by Crippen LogP contribution is -2.42. The van der Waals surface area contributed by atoms with Crippen LogP contribution < -0.4 is 30.3 Å². The van der Waals surface area contributed by atoms with Crippen LogP contribution in [0, 0.1) is 0 Å². The first-order valence-electron chi connectivity index (χ1n) is 12.3. The average molecular weight is 551 g/mol. The Balaban J connectivity index is 2.03. The number of carbonyl (C=O) groups is 4. The zero-order chi connectivity index (χ0) is 29.1. The van der Waals surface area contributed by atoms with Crippen molar-refractivity contribution in [1.29, 1.82) is 0 Å². The second-order valence-corrected chi connectivity index (χ2v) is 7.87. The SMILES string of the molecule is CCOC(=O)C(=O)N(Nc1cc(OC)c(NN(C(=O)C(=O)OCC)c2ccccc2)cc1OC)c1ccccc1. The lowest BCUT2D eigenvalue weighted by atomic mass is 10.2. The van der Waals surface area contributed by atoms with Gasteiger partial charge in [-0.2, -0.15) is 0 Å². The number of anilines is 4. The second kappa shape index (κ2) is 14.0. The Morgan fingerprint density at radius 3 is 1.27 bits per heavy atom. The molecule has 0 fully saturated rings. The van der Waals surface area contributed by atoms with Crippen molar-refractivity contribution in [3.63, 3.8) is 0 Å². The van der Waals surface area contributed by atoms with Crippen molar-refractivity contribution in [3.05, 3.63) is 72.8 Å². The smallest absolute Gasteiger partial charge is 0.399 e. The fourth-order valence-corrected chi connectivity index (χ4v) is 3.50. The Hall–Kier alpha value is -5.26. The highest BCUT2D eigenvalue weighted by Gasteiger charge is 2.28. The van der Waals surface area contributed by atoms with Crippen molar-refractivity contribution in [1.82, 2.24) is 0 Å². The number of nitrogens with one attached hydrogen (secondary N) is 2. The number of amides is 2. The van der Waals surface area contributed by atoms with Crippen molar-refractivity contribution in [3.8, 4) is 11.5 Å². The lowest BCUT2D eigenvalue weighted by Gasteiger charge is -2.27. The van der Waals surface area contributed by atoms with E-state index in [1.165, 1.54) is 26.4 Å². The molecule has 210 valence electrons. The summed E-state index contributed by atoms with van der Waals surface area (Å²) in [7, 11) is 2.80. The Labute approximate surface area is 231 Å². The minimum atomic E-state index is -1.06. The van der Waals surface area contributed by atoms with Gasteiger partial charge in [0.05, 0.1) is 38.8 Å². The first kappa shape index (κ1) is 29.3. The Morgan fingerprint density at radius 2 is 0.975 bits per heavy atom. The molecule has 2 amide bonds. The highest BCUT2D eigenvalue weighted by Crippen LogP contribution is 2.38. The van der Waals surface area contributed by atoms with Gasteiger partial charge in [-0.15, -0.1) is 0 Å². The van der Waals surface area contributed by atoms with E-state index in [-0.39, 0.29) is 36.1 Å². The molecule has 12 heteroatoms. The number of hydrogen-bond acceptors (Lipinski definition) is 10. The van der Waals surface area contributed by atoms with Crippen molar-refractivity contribution in [2.24, 2.45) is 0 Å². The predicted octanol–water partition coefficient (Wildman–Crippen LogP) is 3.55. The molecule has 0 aliphatic heterocycles. The maximum Gasteiger partial charge on any atom is 0.399 e. The van der Waals surface area contributed by atoms with E-state index >= 15 is 0 Å². The molecule has 0 aromatic heterocycles. The third kappa shape index (κ3) is 6.98. The van der Waals surface area contributed by atoms with E-state index in [4.69, 9.17) is 18.9 Å². The van der Waals surface area contributed by atoms with Crippen molar-refractivity contribution >= 4 is 46.5 Å². The van der Waals surface area contributed by atoms with Crippen molar-refractivity contribution in [2.75, 3.05) is 48.3 Å². The number of rotatable bonds is 10. The maximum absolute atomic E-state index is 13.0. The highest BCUT2D eigenvalue weighted by atomic mass is 16.5. The van der Waals surface area contributed by atoms with Crippen LogP contribution in [0.25, 0.3) is 0 Å². The zero-order valence-electron chi connectivity index (χ0n) is 22.5. The third-order valence-corrected chi connectivity index (χ3v) is 5.32.